The van der Waals surface area contributed by atoms with Crippen LogP contribution in [0.25, 0.3) is 0 Å². The lowest BCUT2D eigenvalue weighted by atomic mass is 10.1. The van der Waals surface area contributed by atoms with Gasteiger partial charge in [-0.3, -0.25) is 9.69 Å². The van der Waals surface area contributed by atoms with E-state index in [0.717, 1.165) is 31.6 Å². The minimum atomic E-state index is -0.0804. The number of aromatic nitrogens is 2. The SMILES string of the molecule is O=C1c2ccccc2CN1c1nc(NC2CCOCC2)ncc1Cl. The van der Waals surface area contributed by atoms with Gasteiger partial charge in [-0.25, -0.2) is 4.98 Å². The molecule has 1 amide bonds. The Morgan fingerprint density at radius 1 is 1.25 bits per heavy atom. The standard InChI is InChI=1S/C17H17ClN4O2/c18-14-9-19-17(20-12-5-7-24-8-6-12)21-15(14)22-10-11-3-1-2-4-13(11)16(22)23/h1-4,9,12H,5-8,10H2,(H,19,20,21). The van der Waals surface area contributed by atoms with Gasteiger partial charge in [0.15, 0.2) is 5.82 Å². The average molecular weight is 345 g/mol. The number of nitrogens with one attached hydrogen (secondary N) is 1. The number of carbonyl (C=O) groups excluding carboxylic acids is 1. The molecule has 124 valence electrons. The normalized spacial score (nSPS) is 17.9. The van der Waals surface area contributed by atoms with Crippen LogP contribution in [-0.2, 0) is 11.3 Å². The highest BCUT2D eigenvalue weighted by atomic mass is 35.5. The molecule has 0 bridgehead atoms. The molecular formula is C17H17ClN4O2. The number of carbonyl (C=O) groups is 1. The molecule has 2 aliphatic rings. The Morgan fingerprint density at radius 3 is 2.83 bits per heavy atom. The number of rotatable bonds is 3. The minimum Gasteiger partial charge on any atom is -0.381 e. The van der Waals surface area contributed by atoms with E-state index in [1.807, 2.05) is 24.3 Å². The van der Waals surface area contributed by atoms with E-state index in [1.54, 1.807) is 11.1 Å². The van der Waals surface area contributed by atoms with Crippen LogP contribution in [0.1, 0.15) is 28.8 Å². The lowest BCUT2D eigenvalue weighted by Gasteiger charge is -2.24. The van der Waals surface area contributed by atoms with Crippen molar-refractivity contribution in [3.8, 4) is 0 Å². The summed E-state index contributed by atoms with van der Waals surface area (Å²) in [5.41, 5.74) is 1.68. The number of halogens is 1. The van der Waals surface area contributed by atoms with Gasteiger partial charge in [-0.2, -0.15) is 4.98 Å². The third kappa shape index (κ3) is 2.83. The maximum Gasteiger partial charge on any atom is 0.260 e. The van der Waals surface area contributed by atoms with E-state index in [1.165, 1.54) is 0 Å². The fourth-order valence-electron chi connectivity index (χ4n) is 3.07. The Hall–Kier alpha value is -2.18. The highest BCUT2D eigenvalue weighted by Gasteiger charge is 2.30. The maximum absolute atomic E-state index is 12.6. The van der Waals surface area contributed by atoms with E-state index >= 15 is 0 Å². The first kappa shape index (κ1) is 15.4. The minimum absolute atomic E-state index is 0.0804. The molecule has 2 aliphatic heterocycles. The Balaban J connectivity index is 1.59. The summed E-state index contributed by atoms with van der Waals surface area (Å²) in [6, 6.07) is 7.84. The van der Waals surface area contributed by atoms with Crippen molar-refractivity contribution in [1.29, 1.82) is 0 Å². The van der Waals surface area contributed by atoms with Crippen molar-refractivity contribution in [3.63, 3.8) is 0 Å². The van der Waals surface area contributed by atoms with Crippen molar-refractivity contribution in [2.24, 2.45) is 0 Å². The van der Waals surface area contributed by atoms with Gasteiger partial charge in [-0.05, 0) is 24.5 Å². The van der Waals surface area contributed by atoms with Crippen molar-refractivity contribution in [1.82, 2.24) is 9.97 Å². The first-order chi connectivity index (χ1) is 11.7. The van der Waals surface area contributed by atoms with Crippen LogP contribution in [0, 0.1) is 0 Å². The molecule has 0 spiro atoms. The summed E-state index contributed by atoms with van der Waals surface area (Å²) in [6.45, 7) is 1.94. The topological polar surface area (TPSA) is 67.4 Å². The average Bonchev–Trinajstić information content (AvgIpc) is 2.95. The maximum atomic E-state index is 12.6. The zero-order valence-corrected chi connectivity index (χ0v) is 13.8. The van der Waals surface area contributed by atoms with Gasteiger partial charge in [-0.1, -0.05) is 29.8 Å². The smallest absolute Gasteiger partial charge is 0.260 e. The summed E-state index contributed by atoms with van der Waals surface area (Å²) in [5.74, 6) is 0.857. The highest BCUT2D eigenvalue weighted by molar-refractivity contribution is 6.33. The Bertz CT molecular complexity index is 777. The molecule has 1 N–H and O–H groups in total. The molecule has 1 aromatic heterocycles. The molecule has 0 atom stereocenters. The molecule has 0 saturated carbocycles. The zero-order chi connectivity index (χ0) is 16.5. The van der Waals surface area contributed by atoms with Crippen LogP contribution >= 0.6 is 11.6 Å². The summed E-state index contributed by atoms with van der Waals surface area (Å²) in [7, 11) is 0. The number of amides is 1. The second-order valence-corrected chi connectivity index (χ2v) is 6.35. The van der Waals surface area contributed by atoms with Gasteiger partial charge in [0.2, 0.25) is 5.95 Å². The van der Waals surface area contributed by atoms with Gasteiger partial charge in [0.05, 0.1) is 12.7 Å². The van der Waals surface area contributed by atoms with Crippen molar-refractivity contribution in [2.45, 2.75) is 25.4 Å². The number of ether oxygens (including phenoxy) is 1. The molecule has 6 nitrogen and oxygen atoms in total. The van der Waals surface area contributed by atoms with E-state index in [9.17, 15) is 4.79 Å². The number of fused-ring (bicyclic) bond motifs is 1. The summed E-state index contributed by atoms with van der Waals surface area (Å²) in [4.78, 5) is 23.0. The summed E-state index contributed by atoms with van der Waals surface area (Å²) in [6.07, 6.45) is 3.37. The lowest BCUT2D eigenvalue weighted by Crippen LogP contribution is -2.29. The van der Waals surface area contributed by atoms with Gasteiger partial charge >= 0.3 is 0 Å². The molecule has 7 heteroatoms. The molecule has 2 aromatic rings. The van der Waals surface area contributed by atoms with Gasteiger partial charge < -0.3 is 10.1 Å². The Morgan fingerprint density at radius 2 is 2.04 bits per heavy atom. The second-order valence-electron chi connectivity index (χ2n) is 5.94. The van der Waals surface area contributed by atoms with Crippen LogP contribution in [0.4, 0.5) is 11.8 Å². The lowest BCUT2D eigenvalue weighted by molar-refractivity contribution is 0.0903. The first-order valence-corrected chi connectivity index (χ1v) is 8.37. The Labute approximate surface area is 144 Å². The summed E-state index contributed by atoms with van der Waals surface area (Å²) in [5, 5.41) is 3.68. The van der Waals surface area contributed by atoms with Crippen molar-refractivity contribution >= 4 is 29.3 Å². The number of hydrogen-bond donors (Lipinski definition) is 1. The molecule has 0 unspecified atom stereocenters. The quantitative estimate of drug-likeness (QED) is 0.927. The van der Waals surface area contributed by atoms with Gasteiger partial charge in [-0.15, -0.1) is 0 Å². The van der Waals surface area contributed by atoms with Crippen molar-refractivity contribution < 1.29 is 9.53 Å². The third-order valence-electron chi connectivity index (χ3n) is 4.36. The van der Waals surface area contributed by atoms with Crippen LogP contribution in [0.15, 0.2) is 30.5 Å². The van der Waals surface area contributed by atoms with Gasteiger partial charge in [0.1, 0.15) is 5.02 Å². The molecule has 0 aliphatic carbocycles. The van der Waals surface area contributed by atoms with Crippen LogP contribution in [0.3, 0.4) is 0 Å². The molecule has 3 heterocycles. The van der Waals surface area contributed by atoms with Gasteiger partial charge in [0, 0.05) is 24.8 Å². The predicted octanol–water partition coefficient (Wildman–Crippen LogP) is 2.88. The number of benzene rings is 1. The summed E-state index contributed by atoms with van der Waals surface area (Å²) >= 11 is 6.26. The van der Waals surface area contributed by atoms with E-state index in [0.29, 0.717) is 28.9 Å². The van der Waals surface area contributed by atoms with Crippen LogP contribution in [0.2, 0.25) is 5.02 Å². The number of anilines is 2. The van der Waals surface area contributed by atoms with Crippen LogP contribution < -0.4 is 10.2 Å². The predicted molar refractivity (Wildman–Crippen MR) is 91.5 cm³/mol. The molecule has 1 saturated heterocycles. The largest absolute Gasteiger partial charge is 0.381 e. The van der Waals surface area contributed by atoms with Gasteiger partial charge in [0.25, 0.3) is 5.91 Å². The van der Waals surface area contributed by atoms with Crippen LogP contribution in [0.5, 0.6) is 0 Å². The van der Waals surface area contributed by atoms with Crippen LogP contribution in [-0.4, -0.2) is 35.1 Å². The number of hydrogen-bond acceptors (Lipinski definition) is 5. The first-order valence-electron chi connectivity index (χ1n) is 7.99. The van der Waals surface area contributed by atoms with E-state index in [-0.39, 0.29) is 11.9 Å². The fourth-order valence-corrected chi connectivity index (χ4v) is 3.26. The monoisotopic (exact) mass is 344 g/mol. The Kier molecular flexibility index (Phi) is 4.08. The van der Waals surface area contributed by atoms with E-state index < -0.39 is 0 Å². The molecule has 4 rings (SSSR count). The molecule has 1 fully saturated rings. The summed E-state index contributed by atoms with van der Waals surface area (Å²) < 4.78 is 5.36. The third-order valence-corrected chi connectivity index (χ3v) is 4.62. The fraction of sp³-hybridized carbons (Fsp3) is 0.353. The molecular weight excluding hydrogens is 328 g/mol. The van der Waals surface area contributed by atoms with E-state index in [4.69, 9.17) is 16.3 Å². The highest BCUT2D eigenvalue weighted by Crippen LogP contribution is 2.32. The number of nitrogens with zero attached hydrogens (tertiary/aromatic N) is 3. The van der Waals surface area contributed by atoms with E-state index in [2.05, 4.69) is 15.3 Å². The zero-order valence-electron chi connectivity index (χ0n) is 13.0. The van der Waals surface area contributed by atoms with Crippen molar-refractivity contribution in [2.75, 3.05) is 23.4 Å². The molecule has 24 heavy (non-hydrogen) atoms. The second kappa shape index (κ2) is 6.37. The molecule has 1 aromatic carbocycles. The van der Waals surface area contributed by atoms with Crippen molar-refractivity contribution in [3.05, 3.63) is 46.6 Å². The molecule has 0 radical (unpaired) electrons.